The number of rotatable bonds is 5. The molecule has 0 aliphatic rings. The number of nitrogens with one attached hydrogen (secondary N) is 1. The fraction of sp³-hybridized carbons (Fsp3) is 0.357. The standard InChI is InChI=1S/C14H19N3O6S/c1-9(2)15-17(3)10-6-7-11(13(18)22-4)12(8-10)24(20,21)16-14(19)23-5/h6-8H,1-5H3,(H,16,19). The number of benzene rings is 1. The van der Waals surface area contributed by atoms with Crippen LogP contribution in [0.5, 0.6) is 0 Å². The highest BCUT2D eigenvalue weighted by Gasteiger charge is 2.26. The highest BCUT2D eigenvalue weighted by atomic mass is 32.2. The molecule has 0 saturated carbocycles. The minimum Gasteiger partial charge on any atom is -0.465 e. The largest absolute Gasteiger partial charge is 0.465 e. The van der Waals surface area contributed by atoms with Crippen LogP contribution in [-0.4, -0.2) is 47.5 Å². The van der Waals surface area contributed by atoms with E-state index < -0.39 is 27.0 Å². The van der Waals surface area contributed by atoms with Crippen molar-refractivity contribution in [3.63, 3.8) is 0 Å². The molecule has 0 aliphatic heterocycles. The Morgan fingerprint density at radius 3 is 2.29 bits per heavy atom. The molecule has 0 saturated heterocycles. The van der Waals surface area contributed by atoms with E-state index in [4.69, 9.17) is 0 Å². The van der Waals surface area contributed by atoms with Gasteiger partial charge in [-0.05, 0) is 32.0 Å². The van der Waals surface area contributed by atoms with E-state index in [9.17, 15) is 18.0 Å². The summed E-state index contributed by atoms with van der Waals surface area (Å²) in [5, 5.41) is 5.61. The second kappa shape index (κ2) is 7.77. The Kier molecular flexibility index (Phi) is 6.29. The zero-order valence-electron chi connectivity index (χ0n) is 14.0. The Morgan fingerprint density at radius 2 is 1.79 bits per heavy atom. The second-order valence-corrected chi connectivity index (χ2v) is 6.49. The van der Waals surface area contributed by atoms with Crippen LogP contribution in [0, 0.1) is 0 Å². The van der Waals surface area contributed by atoms with Gasteiger partial charge in [0.05, 0.1) is 25.5 Å². The van der Waals surface area contributed by atoms with Crippen molar-refractivity contribution in [3.05, 3.63) is 23.8 Å². The fourth-order valence-electron chi connectivity index (χ4n) is 1.78. The first kappa shape index (κ1) is 19.4. The predicted octanol–water partition coefficient (Wildman–Crippen LogP) is 1.35. The van der Waals surface area contributed by atoms with Gasteiger partial charge in [0.2, 0.25) is 0 Å². The van der Waals surface area contributed by atoms with Crippen molar-refractivity contribution in [2.24, 2.45) is 5.10 Å². The molecule has 0 aromatic heterocycles. The quantitative estimate of drug-likeness (QED) is 0.480. The minimum atomic E-state index is -4.34. The van der Waals surface area contributed by atoms with Crippen molar-refractivity contribution in [1.29, 1.82) is 0 Å². The third-order valence-electron chi connectivity index (χ3n) is 2.79. The van der Waals surface area contributed by atoms with Crippen LogP contribution in [0.2, 0.25) is 0 Å². The summed E-state index contributed by atoms with van der Waals surface area (Å²) in [6, 6.07) is 4.00. The monoisotopic (exact) mass is 357 g/mol. The highest BCUT2D eigenvalue weighted by Crippen LogP contribution is 2.24. The molecule has 0 heterocycles. The number of hydrogen-bond donors (Lipinski definition) is 1. The molecule has 1 amide bonds. The molecule has 24 heavy (non-hydrogen) atoms. The molecule has 0 atom stereocenters. The summed E-state index contributed by atoms with van der Waals surface area (Å²) in [5.41, 5.74) is 0.920. The maximum atomic E-state index is 12.4. The maximum Gasteiger partial charge on any atom is 0.420 e. The van der Waals surface area contributed by atoms with Crippen LogP contribution in [0.4, 0.5) is 10.5 Å². The number of hydrazone groups is 1. The van der Waals surface area contributed by atoms with Crippen molar-refractivity contribution >= 4 is 33.5 Å². The van der Waals surface area contributed by atoms with Gasteiger partial charge in [0, 0.05) is 12.8 Å². The molecule has 9 nitrogen and oxygen atoms in total. The average molecular weight is 357 g/mol. The van der Waals surface area contributed by atoms with Crippen molar-refractivity contribution < 1.29 is 27.5 Å². The van der Waals surface area contributed by atoms with Gasteiger partial charge in [0.15, 0.2) is 0 Å². The summed E-state index contributed by atoms with van der Waals surface area (Å²) >= 11 is 0. The van der Waals surface area contributed by atoms with E-state index >= 15 is 0 Å². The van der Waals surface area contributed by atoms with Crippen LogP contribution < -0.4 is 9.73 Å². The van der Waals surface area contributed by atoms with Crippen molar-refractivity contribution in [1.82, 2.24) is 4.72 Å². The van der Waals surface area contributed by atoms with Gasteiger partial charge >= 0.3 is 12.1 Å². The number of hydrogen-bond acceptors (Lipinski definition) is 8. The van der Waals surface area contributed by atoms with Crippen molar-refractivity contribution in [2.45, 2.75) is 18.7 Å². The molecule has 0 bridgehead atoms. The number of esters is 1. The van der Waals surface area contributed by atoms with Crippen LogP contribution in [-0.2, 0) is 19.5 Å². The van der Waals surface area contributed by atoms with Gasteiger partial charge in [0.25, 0.3) is 10.0 Å². The van der Waals surface area contributed by atoms with E-state index in [0.29, 0.717) is 5.69 Å². The van der Waals surface area contributed by atoms with Crippen LogP contribution in [0.1, 0.15) is 24.2 Å². The molecule has 0 fully saturated rings. The summed E-state index contributed by atoms with van der Waals surface area (Å²) in [6.07, 6.45) is -1.17. The lowest BCUT2D eigenvalue weighted by Crippen LogP contribution is -2.31. The molecular weight excluding hydrogens is 338 g/mol. The van der Waals surface area contributed by atoms with Crippen LogP contribution in [0.3, 0.4) is 0 Å². The SMILES string of the molecule is COC(=O)NS(=O)(=O)c1cc(N(C)N=C(C)C)ccc1C(=O)OC. The molecular formula is C14H19N3O6S. The zero-order valence-corrected chi connectivity index (χ0v) is 14.8. The molecule has 10 heteroatoms. The Balaban J connectivity index is 3.49. The normalized spacial score (nSPS) is 10.5. The van der Waals surface area contributed by atoms with Gasteiger partial charge in [-0.25, -0.2) is 22.7 Å². The fourth-order valence-corrected chi connectivity index (χ4v) is 2.91. The zero-order chi connectivity index (χ0) is 18.5. The number of carbonyl (C=O) groups is 2. The number of anilines is 1. The molecule has 0 radical (unpaired) electrons. The van der Waals surface area contributed by atoms with Gasteiger partial charge in [-0.3, -0.25) is 5.01 Å². The van der Waals surface area contributed by atoms with Gasteiger partial charge in [-0.2, -0.15) is 5.10 Å². The molecule has 1 aromatic carbocycles. The summed E-state index contributed by atoms with van der Waals surface area (Å²) < 4.78 is 35.3. The molecule has 1 rings (SSSR count). The summed E-state index contributed by atoms with van der Waals surface area (Å²) in [6.45, 7) is 3.55. The predicted molar refractivity (Wildman–Crippen MR) is 87.7 cm³/mol. The summed E-state index contributed by atoms with van der Waals surface area (Å²) in [5.74, 6) is -0.857. The van der Waals surface area contributed by atoms with Crippen LogP contribution in [0.15, 0.2) is 28.2 Å². The maximum absolute atomic E-state index is 12.4. The van der Waals surface area contributed by atoms with Crippen molar-refractivity contribution in [2.75, 3.05) is 26.3 Å². The number of amides is 1. The van der Waals surface area contributed by atoms with Gasteiger partial charge in [-0.1, -0.05) is 0 Å². The number of sulfonamides is 1. The molecule has 0 unspecified atom stereocenters. The van der Waals surface area contributed by atoms with E-state index in [0.717, 1.165) is 19.9 Å². The molecule has 1 N–H and O–H groups in total. The van der Waals surface area contributed by atoms with E-state index in [1.54, 1.807) is 25.6 Å². The lowest BCUT2D eigenvalue weighted by molar-refractivity contribution is 0.0596. The van der Waals surface area contributed by atoms with Crippen LogP contribution in [0.25, 0.3) is 0 Å². The summed E-state index contributed by atoms with van der Waals surface area (Å²) in [7, 11) is -0.582. The topological polar surface area (TPSA) is 114 Å². The smallest absolute Gasteiger partial charge is 0.420 e. The average Bonchev–Trinajstić information content (AvgIpc) is 2.52. The van der Waals surface area contributed by atoms with E-state index in [-0.39, 0.29) is 5.56 Å². The Labute approximate surface area is 140 Å². The first-order valence-corrected chi connectivity index (χ1v) is 8.19. The molecule has 0 aliphatic carbocycles. The van der Waals surface area contributed by atoms with Crippen LogP contribution >= 0.6 is 0 Å². The van der Waals surface area contributed by atoms with E-state index in [1.807, 2.05) is 0 Å². The van der Waals surface area contributed by atoms with Gasteiger partial charge < -0.3 is 9.47 Å². The third kappa shape index (κ3) is 4.69. The Bertz CT molecular complexity index is 769. The van der Waals surface area contributed by atoms with Gasteiger partial charge in [0.1, 0.15) is 4.90 Å². The molecule has 1 aromatic rings. The minimum absolute atomic E-state index is 0.219. The second-order valence-electron chi connectivity index (χ2n) is 4.84. The Hall–Kier alpha value is -2.62. The molecule has 0 spiro atoms. The molecule has 132 valence electrons. The highest BCUT2D eigenvalue weighted by molar-refractivity contribution is 7.90. The number of ether oxygens (including phenoxy) is 2. The lowest BCUT2D eigenvalue weighted by atomic mass is 10.2. The summed E-state index contributed by atoms with van der Waals surface area (Å²) in [4.78, 5) is 22.7. The number of methoxy groups -OCH3 is 2. The number of carbonyl (C=O) groups excluding carboxylic acids is 2. The first-order valence-electron chi connectivity index (χ1n) is 6.71. The van der Waals surface area contributed by atoms with Crippen molar-refractivity contribution in [3.8, 4) is 0 Å². The lowest BCUT2D eigenvalue weighted by Gasteiger charge is -2.17. The Morgan fingerprint density at radius 1 is 1.17 bits per heavy atom. The number of nitrogens with zero attached hydrogens (tertiary/aromatic N) is 2. The van der Waals surface area contributed by atoms with E-state index in [1.165, 1.54) is 23.2 Å². The third-order valence-corrected chi connectivity index (χ3v) is 4.14. The van der Waals surface area contributed by atoms with Gasteiger partial charge in [-0.15, -0.1) is 0 Å². The van der Waals surface area contributed by atoms with E-state index in [2.05, 4.69) is 14.6 Å². The first-order chi connectivity index (χ1) is 11.1.